The Morgan fingerprint density at radius 3 is 2.22 bits per heavy atom. The third-order valence-electron chi connectivity index (χ3n) is 3.79. The van der Waals surface area contributed by atoms with Crippen molar-refractivity contribution in [3.63, 3.8) is 0 Å². The normalized spacial score (nSPS) is 10.5. The molecular weight excluding hydrogens is 352 g/mol. The van der Waals surface area contributed by atoms with E-state index in [-0.39, 0.29) is 5.69 Å². The van der Waals surface area contributed by atoms with Crippen LogP contribution in [0.1, 0.15) is 11.1 Å². The predicted molar refractivity (Wildman–Crippen MR) is 102 cm³/mol. The van der Waals surface area contributed by atoms with Crippen LogP contribution in [0.4, 0.5) is 11.4 Å². The maximum absolute atomic E-state index is 12.1. The predicted octanol–water partition coefficient (Wildman–Crippen LogP) is 3.58. The van der Waals surface area contributed by atoms with Crippen LogP contribution in [0.15, 0.2) is 36.4 Å². The first-order valence-corrected chi connectivity index (χ1v) is 7.93. The van der Waals surface area contributed by atoms with Crippen LogP contribution >= 0.6 is 0 Å². The summed E-state index contributed by atoms with van der Waals surface area (Å²) in [4.78, 5) is 22.6. The Morgan fingerprint density at radius 2 is 1.70 bits per heavy atom. The molecule has 2 rings (SSSR count). The molecule has 142 valence electrons. The number of methoxy groups -OCH3 is 3. The number of benzene rings is 2. The Morgan fingerprint density at radius 1 is 1.07 bits per heavy atom. The molecule has 0 radical (unpaired) electrons. The summed E-state index contributed by atoms with van der Waals surface area (Å²) in [5.74, 6) is 0.951. The van der Waals surface area contributed by atoms with Crippen LogP contribution in [0.5, 0.6) is 17.2 Å². The molecule has 0 unspecified atom stereocenters. The maximum atomic E-state index is 12.1. The number of anilines is 1. The SMILES string of the molecule is COc1cc(/C=C/C(=O)Nc2ccc(C)c([N+](=O)[O-])c2)cc(OC)c1OC. The molecule has 0 saturated heterocycles. The molecule has 8 heteroatoms. The summed E-state index contributed by atoms with van der Waals surface area (Å²) in [7, 11) is 4.51. The molecule has 2 aromatic carbocycles. The van der Waals surface area contributed by atoms with E-state index in [2.05, 4.69) is 5.32 Å². The Labute approximate surface area is 156 Å². The van der Waals surface area contributed by atoms with Crippen molar-refractivity contribution in [1.82, 2.24) is 0 Å². The van der Waals surface area contributed by atoms with Gasteiger partial charge >= 0.3 is 0 Å². The van der Waals surface area contributed by atoms with E-state index in [4.69, 9.17) is 14.2 Å². The van der Waals surface area contributed by atoms with Crippen molar-refractivity contribution in [1.29, 1.82) is 0 Å². The zero-order valence-electron chi connectivity index (χ0n) is 15.4. The first-order chi connectivity index (χ1) is 12.9. The summed E-state index contributed by atoms with van der Waals surface area (Å²) in [5, 5.41) is 13.6. The minimum absolute atomic E-state index is 0.0543. The summed E-state index contributed by atoms with van der Waals surface area (Å²) in [6.07, 6.45) is 2.88. The molecule has 1 N–H and O–H groups in total. The van der Waals surface area contributed by atoms with Gasteiger partial charge in [-0.2, -0.15) is 0 Å². The lowest BCUT2D eigenvalue weighted by molar-refractivity contribution is -0.385. The van der Waals surface area contributed by atoms with E-state index in [1.807, 2.05) is 0 Å². The molecule has 2 aromatic rings. The van der Waals surface area contributed by atoms with E-state index in [9.17, 15) is 14.9 Å². The summed E-state index contributed by atoms with van der Waals surface area (Å²) in [6, 6.07) is 7.90. The molecule has 0 aliphatic heterocycles. The van der Waals surface area contributed by atoms with E-state index in [1.54, 1.807) is 37.3 Å². The number of hydrogen-bond donors (Lipinski definition) is 1. The number of amides is 1. The lowest BCUT2D eigenvalue weighted by atomic mass is 10.1. The highest BCUT2D eigenvalue weighted by Gasteiger charge is 2.13. The van der Waals surface area contributed by atoms with E-state index >= 15 is 0 Å². The first kappa shape index (κ1) is 19.8. The number of nitrogens with zero attached hydrogens (tertiary/aromatic N) is 1. The Balaban J connectivity index is 2.20. The zero-order valence-corrected chi connectivity index (χ0v) is 15.4. The highest BCUT2D eigenvalue weighted by atomic mass is 16.6. The average molecular weight is 372 g/mol. The summed E-state index contributed by atoms with van der Waals surface area (Å²) < 4.78 is 15.8. The topological polar surface area (TPSA) is 99.9 Å². The van der Waals surface area contributed by atoms with Crippen LogP contribution in [0.3, 0.4) is 0 Å². The van der Waals surface area contributed by atoms with Crippen molar-refractivity contribution >= 4 is 23.4 Å². The second-order valence-corrected chi connectivity index (χ2v) is 5.54. The van der Waals surface area contributed by atoms with Crippen molar-refractivity contribution in [2.24, 2.45) is 0 Å². The molecule has 0 bridgehead atoms. The van der Waals surface area contributed by atoms with Gasteiger partial charge in [0.1, 0.15) is 0 Å². The van der Waals surface area contributed by atoms with Gasteiger partial charge in [0.2, 0.25) is 11.7 Å². The van der Waals surface area contributed by atoms with E-state index in [0.29, 0.717) is 34.1 Å². The van der Waals surface area contributed by atoms with Crippen molar-refractivity contribution in [3.8, 4) is 17.2 Å². The number of carbonyl (C=O) groups is 1. The molecule has 27 heavy (non-hydrogen) atoms. The van der Waals surface area contributed by atoms with Crippen LogP contribution in [0.25, 0.3) is 6.08 Å². The van der Waals surface area contributed by atoms with Gasteiger partial charge in [0.15, 0.2) is 11.5 Å². The van der Waals surface area contributed by atoms with Gasteiger partial charge < -0.3 is 19.5 Å². The number of ether oxygens (including phenoxy) is 3. The Bertz CT molecular complexity index is 867. The molecule has 0 aromatic heterocycles. The fourth-order valence-electron chi connectivity index (χ4n) is 2.44. The highest BCUT2D eigenvalue weighted by Crippen LogP contribution is 2.38. The van der Waals surface area contributed by atoms with Crippen LogP contribution in [-0.4, -0.2) is 32.2 Å². The van der Waals surface area contributed by atoms with Crippen molar-refractivity contribution in [3.05, 3.63) is 57.6 Å². The molecule has 0 fully saturated rings. The molecule has 0 aliphatic rings. The lowest BCUT2D eigenvalue weighted by Crippen LogP contribution is -2.08. The largest absolute Gasteiger partial charge is 0.493 e. The second-order valence-electron chi connectivity index (χ2n) is 5.54. The minimum Gasteiger partial charge on any atom is -0.493 e. The van der Waals surface area contributed by atoms with Crippen LogP contribution < -0.4 is 19.5 Å². The van der Waals surface area contributed by atoms with Crippen molar-refractivity contribution in [2.45, 2.75) is 6.92 Å². The van der Waals surface area contributed by atoms with Gasteiger partial charge in [-0.3, -0.25) is 14.9 Å². The lowest BCUT2D eigenvalue weighted by Gasteiger charge is -2.12. The summed E-state index contributed by atoms with van der Waals surface area (Å²) in [5.41, 5.74) is 1.47. The number of aryl methyl sites for hydroxylation is 1. The van der Waals surface area contributed by atoms with Gasteiger partial charge in [-0.25, -0.2) is 0 Å². The maximum Gasteiger partial charge on any atom is 0.274 e. The molecule has 0 atom stereocenters. The smallest absolute Gasteiger partial charge is 0.274 e. The third-order valence-corrected chi connectivity index (χ3v) is 3.79. The van der Waals surface area contributed by atoms with Gasteiger partial charge in [0, 0.05) is 23.4 Å². The molecule has 0 aliphatic carbocycles. The van der Waals surface area contributed by atoms with Crippen molar-refractivity contribution in [2.75, 3.05) is 26.6 Å². The number of nitro groups is 1. The zero-order chi connectivity index (χ0) is 20.0. The number of carbonyl (C=O) groups excluding carboxylic acids is 1. The molecule has 1 amide bonds. The number of rotatable bonds is 7. The monoisotopic (exact) mass is 372 g/mol. The average Bonchev–Trinajstić information content (AvgIpc) is 2.66. The Hall–Kier alpha value is -3.55. The van der Waals surface area contributed by atoms with Gasteiger partial charge in [-0.15, -0.1) is 0 Å². The summed E-state index contributed by atoms with van der Waals surface area (Å²) in [6.45, 7) is 1.63. The molecule has 8 nitrogen and oxygen atoms in total. The van der Waals surface area contributed by atoms with Crippen LogP contribution in [0, 0.1) is 17.0 Å². The molecule has 0 saturated carbocycles. The van der Waals surface area contributed by atoms with E-state index in [0.717, 1.165) is 0 Å². The van der Waals surface area contributed by atoms with Crippen molar-refractivity contribution < 1.29 is 23.9 Å². The quantitative estimate of drug-likeness (QED) is 0.453. The standard InChI is InChI=1S/C19H20N2O6/c1-12-5-7-14(11-15(12)21(23)24)20-18(22)8-6-13-9-16(25-2)19(27-4)17(10-13)26-3/h5-11H,1-4H3,(H,20,22)/b8-6+. The van der Waals surface area contributed by atoms with Gasteiger partial charge in [0.05, 0.1) is 26.3 Å². The second kappa shape index (κ2) is 8.70. The van der Waals surface area contributed by atoms with E-state index < -0.39 is 10.8 Å². The summed E-state index contributed by atoms with van der Waals surface area (Å²) >= 11 is 0. The molecule has 0 heterocycles. The first-order valence-electron chi connectivity index (χ1n) is 7.93. The number of nitro benzene ring substituents is 1. The van der Waals surface area contributed by atoms with Gasteiger partial charge in [0.25, 0.3) is 5.69 Å². The number of nitrogens with one attached hydrogen (secondary N) is 1. The number of hydrogen-bond acceptors (Lipinski definition) is 6. The molecule has 0 spiro atoms. The van der Waals surface area contributed by atoms with Gasteiger partial charge in [-0.05, 0) is 36.8 Å². The van der Waals surface area contributed by atoms with Crippen LogP contribution in [0.2, 0.25) is 0 Å². The minimum atomic E-state index is -0.489. The fourth-order valence-corrected chi connectivity index (χ4v) is 2.44. The fraction of sp³-hybridized carbons (Fsp3) is 0.211. The molecular formula is C19H20N2O6. The third kappa shape index (κ3) is 4.75. The van der Waals surface area contributed by atoms with E-state index in [1.165, 1.54) is 33.5 Å². The van der Waals surface area contributed by atoms with Crippen LogP contribution in [-0.2, 0) is 4.79 Å². The Kier molecular flexibility index (Phi) is 6.37. The van der Waals surface area contributed by atoms with Gasteiger partial charge in [-0.1, -0.05) is 6.07 Å². The highest BCUT2D eigenvalue weighted by molar-refractivity contribution is 6.02.